The lowest BCUT2D eigenvalue weighted by atomic mass is 9.45. The summed E-state index contributed by atoms with van der Waals surface area (Å²) >= 11 is 0. The quantitative estimate of drug-likeness (QED) is 0.157. The maximum atomic E-state index is 2.87. The zero-order chi connectivity index (χ0) is 78.6. The molecule has 1 unspecified atom stereocenters. The van der Waals surface area contributed by atoms with Crippen molar-refractivity contribution in [3.63, 3.8) is 0 Å². The summed E-state index contributed by atoms with van der Waals surface area (Å²) in [7, 11) is 0. The Bertz CT molecular complexity index is 6330. The Morgan fingerprint density at radius 1 is 0.259 bits per heavy atom. The minimum atomic E-state index is -0.183. The highest BCUT2D eigenvalue weighted by Crippen LogP contribution is 2.60. The van der Waals surface area contributed by atoms with Crippen molar-refractivity contribution in [2.75, 3.05) is 0 Å². The number of aromatic nitrogens is 4. The van der Waals surface area contributed by atoms with E-state index in [1.807, 2.05) is 0 Å². The highest BCUT2D eigenvalue weighted by Gasteiger charge is 2.47. The molecule has 0 amide bonds. The first-order chi connectivity index (χ1) is 52.6. The lowest BCUT2D eigenvalue weighted by Crippen LogP contribution is -2.55. The fourth-order valence-electron chi connectivity index (χ4n) is 20.2. The van der Waals surface area contributed by atoms with Gasteiger partial charge in [-0.05, 0) is 179 Å². The molecule has 112 heavy (non-hydrogen) atoms. The van der Waals surface area contributed by atoms with Crippen molar-refractivity contribution in [2.24, 2.45) is 0 Å². The van der Waals surface area contributed by atoms with Crippen LogP contribution in [0.5, 0.6) is 0 Å². The van der Waals surface area contributed by atoms with Crippen LogP contribution >= 0.6 is 0 Å². The SMILES string of the molecule is CC(C)(C)c1cc(-c2cccc3c2c2c(-c4cc(C(C)(C)C)cc(C(C)(C)C)c4)ccc4c2n3-c2cccc3c2B4n2c4c-3cccc4c3c2c2cccc4c2n3C2c3c-4cccc3-n3c4cccc(-c5cc(C(C)(C)C)cc(C(C)(C)C)c5)c4c4c(-c5cc(C(C)(C)C)cc(C(C)(C)C)c5)ccc2c43)cc(C(C)(C)C)c1. The average Bonchev–Trinajstić information content (AvgIpc) is 1.46. The standard InChI is InChI=1S/C107H107BN4/c1-100(2,3)63-47-59(48-64(55-63)101(4,5)6)71-31-27-39-83-87(71)90-73(61-51-67(104(13,14)15)57-68(52-61)105(16,17)18)43-44-81-95-89-75(33-29-41-85(89)109(83)96(81)90)77-35-25-37-79-93(77)111(95)97-80-38-26-36-78-76-34-30-42-86-92(76)108(112(94(78)80)98(79)97)82-46-45-74(62-53-69(106(19,20)21)58-70(54-62)107(22,23)24)91-88-72(32-28-40-84(88)110(86)99(82)91)60-49-65(102(7,8)9)56-66(50-60)103(10,11)12/h25-58,95H,1-24H3. The summed E-state index contributed by atoms with van der Waals surface area (Å²) < 4.78 is 11.2. The molecule has 0 spiro atoms. The van der Waals surface area contributed by atoms with Crippen LogP contribution in [0.3, 0.4) is 0 Å². The summed E-state index contributed by atoms with van der Waals surface area (Å²) in [5.74, 6) is 0. The normalized spacial score (nSPS) is 14.9. The van der Waals surface area contributed by atoms with E-state index in [1.165, 1.54) is 221 Å². The molecule has 0 saturated heterocycles. The van der Waals surface area contributed by atoms with Gasteiger partial charge in [0.15, 0.2) is 0 Å². The molecule has 4 aromatic heterocycles. The monoisotopic (exact) mass is 1460 g/mol. The van der Waals surface area contributed by atoms with Gasteiger partial charge in [-0.2, -0.15) is 0 Å². The Morgan fingerprint density at radius 2 is 0.598 bits per heavy atom. The molecule has 0 N–H and O–H groups in total. The van der Waals surface area contributed by atoms with Gasteiger partial charge in [0.05, 0.1) is 50.3 Å². The van der Waals surface area contributed by atoms with Gasteiger partial charge in [-0.3, -0.25) is 0 Å². The van der Waals surface area contributed by atoms with Crippen molar-refractivity contribution in [1.29, 1.82) is 0 Å². The van der Waals surface area contributed by atoms with Crippen molar-refractivity contribution in [3.05, 3.63) is 262 Å². The molecule has 1 atom stereocenters. The van der Waals surface area contributed by atoms with Gasteiger partial charge in [-0.1, -0.05) is 348 Å². The van der Waals surface area contributed by atoms with Crippen molar-refractivity contribution in [1.82, 2.24) is 18.2 Å². The molecule has 8 heterocycles. The summed E-state index contributed by atoms with van der Waals surface area (Å²) in [5, 5.41) is 7.82. The smallest absolute Gasteiger partial charge is 0.333 e. The minimum absolute atomic E-state index is 0.0745. The first-order valence-electron chi connectivity index (χ1n) is 41.4. The zero-order valence-electron chi connectivity index (χ0n) is 70.6. The van der Waals surface area contributed by atoms with Gasteiger partial charge in [-0.25, -0.2) is 0 Å². The number of benzene rings is 12. The number of para-hydroxylation sites is 2. The number of hydrogen-bond acceptors (Lipinski definition) is 0. The van der Waals surface area contributed by atoms with Crippen LogP contribution in [0, 0.1) is 0 Å². The lowest BCUT2D eigenvalue weighted by Gasteiger charge is -2.36. The predicted octanol–water partition coefficient (Wildman–Crippen LogP) is 27.9. The third-order valence-corrected chi connectivity index (χ3v) is 26.5. The first kappa shape index (κ1) is 70.7. The Hall–Kier alpha value is -10.4. The molecule has 0 fully saturated rings. The predicted molar refractivity (Wildman–Crippen MR) is 483 cm³/mol. The topological polar surface area (TPSA) is 19.7 Å². The maximum absolute atomic E-state index is 2.87. The Kier molecular flexibility index (Phi) is 14.4. The molecule has 0 aliphatic carbocycles. The van der Waals surface area contributed by atoms with Crippen molar-refractivity contribution in [2.45, 2.75) is 216 Å². The molecule has 4 nitrogen and oxygen atoms in total. The summed E-state index contributed by atoms with van der Waals surface area (Å²) in [6, 6.07) is 83.7. The van der Waals surface area contributed by atoms with Gasteiger partial charge >= 0.3 is 6.85 Å². The second-order valence-corrected chi connectivity index (χ2v) is 42.2. The second-order valence-electron chi connectivity index (χ2n) is 42.2. The number of fused-ring (bicyclic) bond motifs is 19. The number of rotatable bonds is 4. The van der Waals surface area contributed by atoms with E-state index in [1.54, 1.807) is 0 Å². The van der Waals surface area contributed by atoms with E-state index in [4.69, 9.17) is 0 Å². The van der Waals surface area contributed by atoms with Crippen LogP contribution < -0.4 is 10.9 Å². The van der Waals surface area contributed by atoms with Crippen LogP contribution in [0.4, 0.5) is 0 Å². The fourth-order valence-corrected chi connectivity index (χ4v) is 20.2. The molecule has 16 aromatic rings. The molecule has 4 aliphatic rings. The van der Waals surface area contributed by atoms with Crippen LogP contribution in [0.2, 0.25) is 0 Å². The molecule has 0 saturated carbocycles. The van der Waals surface area contributed by atoms with E-state index in [2.05, 4.69) is 391 Å². The van der Waals surface area contributed by atoms with Crippen LogP contribution in [0.15, 0.2) is 206 Å². The largest absolute Gasteiger partial charge is 0.374 e. The van der Waals surface area contributed by atoms with Crippen LogP contribution in [-0.2, 0) is 43.3 Å². The van der Waals surface area contributed by atoms with Gasteiger partial charge < -0.3 is 18.2 Å². The summed E-state index contributed by atoms with van der Waals surface area (Å²) in [4.78, 5) is 0. The van der Waals surface area contributed by atoms with Crippen molar-refractivity contribution in [3.8, 4) is 78.1 Å². The van der Waals surface area contributed by atoms with E-state index < -0.39 is 0 Å². The molecule has 558 valence electrons. The van der Waals surface area contributed by atoms with Gasteiger partial charge in [0.1, 0.15) is 0 Å². The van der Waals surface area contributed by atoms with Crippen molar-refractivity contribution >= 4 is 94.2 Å². The number of hydrogen-bond donors (Lipinski definition) is 0. The molecule has 0 radical (unpaired) electrons. The highest BCUT2D eigenvalue weighted by atomic mass is 15.1. The maximum Gasteiger partial charge on any atom is 0.333 e. The van der Waals surface area contributed by atoms with Gasteiger partial charge in [0.25, 0.3) is 0 Å². The molecule has 5 heteroatoms. The second kappa shape index (κ2) is 22.7. The third-order valence-electron chi connectivity index (χ3n) is 26.5. The van der Waals surface area contributed by atoms with Crippen LogP contribution in [-0.4, -0.2) is 25.0 Å². The molecule has 0 bridgehead atoms. The summed E-state index contributed by atoms with van der Waals surface area (Å²) in [6.45, 7) is 56.9. The van der Waals surface area contributed by atoms with E-state index >= 15 is 0 Å². The van der Waals surface area contributed by atoms with Crippen LogP contribution in [0.1, 0.15) is 228 Å². The Balaban J connectivity index is 0.914. The third kappa shape index (κ3) is 9.98. The molecule has 4 aliphatic heterocycles. The van der Waals surface area contributed by atoms with Crippen LogP contribution in [0.25, 0.3) is 155 Å². The zero-order valence-corrected chi connectivity index (χ0v) is 70.6. The van der Waals surface area contributed by atoms with Gasteiger partial charge in [-0.15, -0.1) is 0 Å². The van der Waals surface area contributed by atoms with E-state index in [9.17, 15) is 0 Å². The van der Waals surface area contributed by atoms with E-state index in [0.29, 0.717) is 0 Å². The van der Waals surface area contributed by atoms with E-state index in [0.717, 1.165) is 0 Å². The average molecular weight is 1460 g/mol. The highest BCUT2D eigenvalue weighted by molar-refractivity contribution is 6.90. The van der Waals surface area contributed by atoms with Gasteiger partial charge in [0.2, 0.25) is 0 Å². The van der Waals surface area contributed by atoms with E-state index in [-0.39, 0.29) is 56.2 Å². The lowest BCUT2D eigenvalue weighted by molar-refractivity contribution is 0.568. The van der Waals surface area contributed by atoms with Gasteiger partial charge in [0, 0.05) is 65.8 Å². The van der Waals surface area contributed by atoms with Crippen molar-refractivity contribution < 1.29 is 0 Å². The Labute approximate surface area is 663 Å². The Morgan fingerprint density at radius 3 is 1.04 bits per heavy atom. The summed E-state index contributed by atoms with van der Waals surface area (Å²) in [5.41, 5.74) is 43.7. The molecular formula is C107H107BN4. The fraction of sp³-hybridized carbons (Fsp3) is 0.308. The summed E-state index contributed by atoms with van der Waals surface area (Å²) in [6.07, 6.45) is 0. The number of nitrogens with zero attached hydrogens (tertiary/aromatic N) is 4. The molecular weight excluding hydrogens is 1350 g/mol. The minimum Gasteiger partial charge on any atom is -0.374 e. The first-order valence-corrected chi connectivity index (χ1v) is 41.4. The molecule has 12 aromatic carbocycles. The molecule has 20 rings (SSSR count).